The maximum absolute atomic E-state index is 3.64. The van der Waals surface area contributed by atoms with Gasteiger partial charge in [0.05, 0.1) is 0 Å². The number of hydrogen-bond acceptors (Lipinski definition) is 3. The minimum absolute atomic E-state index is 0.856. The molecule has 3 rings (SSSR count). The topological polar surface area (TPSA) is 15.3 Å². The molecule has 1 saturated heterocycles. The van der Waals surface area contributed by atoms with Crippen molar-refractivity contribution < 1.29 is 0 Å². The van der Waals surface area contributed by atoms with E-state index in [0.717, 1.165) is 19.0 Å². The number of nitrogens with one attached hydrogen (secondary N) is 1. The third-order valence-corrected chi connectivity index (χ3v) is 5.42. The summed E-state index contributed by atoms with van der Waals surface area (Å²) >= 11 is 1.90. The molecule has 2 heterocycles. The molecule has 3 heteroatoms. The second-order valence-corrected chi connectivity index (χ2v) is 7.18. The van der Waals surface area contributed by atoms with Gasteiger partial charge in [0.1, 0.15) is 0 Å². The van der Waals surface area contributed by atoms with Gasteiger partial charge in [-0.3, -0.25) is 0 Å². The number of thiophene rings is 1. The van der Waals surface area contributed by atoms with Crippen LogP contribution in [0.4, 0.5) is 0 Å². The Hall–Kier alpha value is -1.16. The molecule has 0 unspecified atom stereocenters. The van der Waals surface area contributed by atoms with E-state index in [1.165, 1.54) is 41.2 Å². The summed E-state index contributed by atoms with van der Waals surface area (Å²) < 4.78 is 0. The predicted octanol–water partition coefficient (Wildman–Crippen LogP) is 3.85. The quantitative estimate of drug-likeness (QED) is 0.902. The number of benzene rings is 1. The van der Waals surface area contributed by atoms with Gasteiger partial charge >= 0.3 is 0 Å². The van der Waals surface area contributed by atoms with Crippen LogP contribution in [0.2, 0.25) is 0 Å². The number of likely N-dealkylation sites (tertiary alicyclic amines) is 1. The van der Waals surface area contributed by atoms with E-state index in [4.69, 9.17) is 0 Å². The van der Waals surface area contributed by atoms with E-state index in [-0.39, 0.29) is 0 Å². The third-order valence-electron chi connectivity index (χ3n) is 4.29. The van der Waals surface area contributed by atoms with Crippen LogP contribution >= 0.6 is 11.3 Å². The van der Waals surface area contributed by atoms with E-state index in [0.29, 0.717) is 0 Å². The zero-order valence-electron chi connectivity index (χ0n) is 12.7. The molecular formula is C18H24N2S. The Balaban J connectivity index is 1.47. The van der Waals surface area contributed by atoms with Crippen molar-refractivity contribution in [2.24, 2.45) is 5.92 Å². The Morgan fingerprint density at radius 1 is 1.10 bits per heavy atom. The van der Waals surface area contributed by atoms with Crippen molar-refractivity contribution in [2.75, 3.05) is 26.7 Å². The average molecular weight is 300 g/mol. The van der Waals surface area contributed by atoms with E-state index in [2.05, 4.69) is 59.7 Å². The van der Waals surface area contributed by atoms with E-state index in [1.54, 1.807) is 0 Å². The summed E-state index contributed by atoms with van der Waals surface area (Å²) in [7, 11) is 2.22. The molecule has 112 valence electrons. The first-order valence-corrected chi connectivity index (χ1v) is 8.66. The Morgan fingerprint density at radius 3 is 2.62 bits per heavy atom. The van der Waals surface area contributed by atoms with E-state index in [9.17, 15) is 0 Å². The second kappa shape index (κ2) is 7.21. The number of rotatable bonds is 5. The van der Waals surface area contributed by atoms with Crippen LogP contribution in [0.15, 0.2) is 42.5 Å². The van der Waals surface area contributed by atoms with Crippen LogP contribution in [0.1, 0.15) is 17.7 Å². The highest BCUT2D eigenvalue weighted by Gasteiger charge is 2.15. The minimum Gasteiger partial charge on any atom is -0.312 e. The van der Waals surface area contributed by atoms with Gasteiger partial charge in [-0.1, -0.05) is 30.3 Å². The van der Waals surface area contributed by atoms with Crippen LogP contribution in [0.5, 0.6) is 0 Å². The van der Waals surface area contributed by atoms with Gasteiger partial charge in [0, 0.05) is 16.3 Å². The van der Waals surface area contributed by atoms with Gasteiger partial charge in [0.25, 0.3) is 0 Å². The minimum atomic E-state index is 0.856. The molecule has 0 spiro atoms. The van der Waals surface area contributed by atoms with Crippen molar-refractivity contribution in [3.63, 3.8) is 0 Å². The molecule has 1 N–H and O–H groups in total. The molecule has 0 radical (unpaired) electrons. The number of piperidine rings is 1. The highest BCUT2D eigenvalue weighted by Crippen LogP contribution is 2.27. The zero-order valence-corrected chi connectivity index (χ0v) is 13.5. The Morgan fingerprint density at radius 2 is 1.86 bits per heavy atom. The molecular weight excluding hydrogens is 276 g/mol. The number of nitrogens with zero attached hydrogens (tertiary/aromatic N) is 1. The van der Waals surface area contributed by atoms with Gasteiger partial charge in [0.2, 0.25) is 0 Å². The summed E-state index contributed by atoms with van der Waals surface area (Å²) in [6.45, 7) is 4.67. The SMILES string of the molecule is CN1CCC(CNCc2ccc(-c3ccccc3)s2)CC1. The zero-order chi connectivity index (χ0) is 14.5. The summed E-state index contributed by atoms with van der Waals surface area (Å²) in [4.78, 5) is 5.23. The molecule has 1 aromatic carbocycles. The molecule has 0 saturated carbocycles. The van der Waals surface area contributed by atoms with Gasteiger partial charge in [-0.05, 0) is 63.1 Å². The van der Waals surface area contributed by atoms with Crippen molar-refractivity contribution >= 4 is 11.3 Å². The van der Waals surface area contributed by atoms with Gasteiger partial charge in [-0.25, -0.2) is 0 Å². The maximum atomic E-state index is 3.64. The highest BCUT2D eigenvalue weighted by molar-refractivity contribution is 7.15. The molecule has 1 fully saturated rings. The first-order valence-electron chi connectivity index (χ1n) is 7.84. The molecule has 2 aromatic rings. The Bertz CT molecular complexity index is 541. The fourth-order valence-electron chi connectivity index (χ4n) is 2.90. The standard InChI is InChI=1S/C18H24N2S/c1-20-11-9-15(10-12-20)13-19-14-17-7-8-18(21-17)16-5-3-2-4-6-16/h2-8,15,19H,9-14H2,1H3. The highest BCUT2D eigenvalue weighted by atomic mass is 32.1. The van der Waals surface area contributed by atoms with Crippen LogP contribution in [-0.4, -0.2) is 31.6 Å². The van der Waals surface area contributed by atoms with E-state index < -0.39 is 0 Å². The van der Waals surface area contributed by atoms with Gasteiger partial charge in [-0.2, -0.15) is 0 Å². The van der Waals surface area contributed by atoms with Gasteiger partial charge in [-0.15, -0.1) is 11.3 Å². The Labute approximate surface area is 131 Å². The molecule has 1 aliphatic heterocycles. The lowest BCUT2D eigenvalue weighted by atomic mass is 9.97. The monoisotopic (exact) mass is 300 g/mol. The normalized spacial score (nSPS) is 17.2. The molecule has 0 aliphatic carbocycles. The van der Waals surface area contributed by atoms with Crippen LogP contribution < -0.4 is 5.32 Å². The van der Waals surface area contributed by atoms with E-state index in [1.807, 2.05) is 11.3 Å². The molecule has 1 aromatic heterocycles. The largest absolute Gasteiger partial charge is 0.312 e. The summed E-state index contributed by atoms with van der Waals surface area (Å²) in [5, 5.41) is 3.64. The van der Waals surface area contributed by atoms with Crippen molar-refractivity contribution in [1.29, 1.82) is 0 Å². The van der Waals surface area contributed by atoms with Crippen LogP contribution in [0.3, 0.4) is 0 Å². The molecule has 0 amide bonds. The molecule has 1 aliphatic rings. The summed E-state index contributed by atoms with van der Waals surface area (Å²) in [6, 6.07) is 15.1. The lowest BCUT2D eigenvalue weighted by molar-refractivity contribution is 0.216. The molecule has 21 heavy (non-hydrogen) atoms. The molecule has 0 atom stereocenters. The second-order valence-electron chi connectivity index (χ2n) is 6.01. The summed E-state index contributed by atoms with van der Waals surface area (Å²) in [5.41, 5.74) is 1.32. The fourth-order valence-corrected chi connectivity index (χ4v) is 3.88. The summed E-state index contributed by atoms with van der Waals surface area (Å²) in [6.07, 6.45) is 2.67. The van der Waals surface area contributed by atoms with Crippen molar-refractivity contribution in [1.82, 2.24) is 10.2 Å². The maximum Gasteiger partial charge on any atom is 0.0346 e. The van der Waals surface area contributed by atoms with Crippen LogP contribution in [0, 0.1) is 5.92 Å². The lowest BCUT2D eigenvalue weighted by Gasteiger charge is -2.28. The van der Waals surface area contributed by atoms with E-state index >= 15 is 0 Å². The first kappa shape index (κ1) is 14.8. The van der Waals surface area contributed by atoms with Crippen molar-refractivity contribution in [3.8, 4) is 10.4 Å². The van der Waals surface area contributed by atoms with Crippen molar-refractivity contribution in [3.05, 3.63) is 47.3 Å². The number of hydrogen-bond donors (Lipinski definition) is 1. The smallest absolute Gasteiger partial charge is 0.0346 e. The lowest BCUT2D eigenvalue weighted by Crippen LogP contribution is -2.34. The van der Waals surface area contributed by atoms with Crippen LogP contribution in [-0.2, 0) is 6.54 Å². The molecule has 2 nitrogen and oxygen atoms in total. The average Bonchev–Trinajstić information content (AvgIpc) is 2.99. The van der Waals surface area contributed by atoms with Gasteiger partial charge < -0.3 is 10.2 Å². The first-order chi connectivity index (χ1) is 10.3. The molecule has 0 bridgehead atoms. The Kier molecular flexibility index (Phi) is 5.07. The summed E-state index contributed by atoms with van der Waals surface area (Å²) in [5.74, 6) is 0.856. The van der Waals surface area contributed by atoms with Gasteiger partial charge in [0.15, 0.2) is 0 Å². The van der Waals surface area contributed by atoms with Crippen molar-refractivity contribution in [2.45, 2.75) is 19.4 Å². The fraction of sp³-hybridized carbons (Fsp3) is 0.444. The predicted molar refractivity (Wildman–Crippen MR) is 91.7 cm³/mol. The third kappa shape index (κ3) is 4.16. The van der Waals surface area contributed by atoms with Crippen LogP contribution in [0.25, 0.3) is 10.4 Å².